The molecule has 4 aromatic rings. The molecule has 1 amide bonds. The van der Waals surface area contributed by atoms with Crippen LogP contribution in [0.3, 0.4) is 0 Å². The van der Waals surface area contributed by atoms with Crippen LogP contribution >= 0.6 is 0 Å². The minimum absolute atomic E-state index is 0.0316. The van der Waals surface area contributed by atoms with Gasteiger partial charge in [-0.3, -0.25) is 14.5 Å². The SMILES string of the molecule is O=C1C(=O)N(c2ccc3c(c2)OCO3)C(c2c[nH]c3ccccc23)/C1=C(\O)c1ccc2c(c1)CCCO2. The van der Waals surface area contributed by atoms with Crippen LogP contribution in [-0.4, -0.2) is 35.2 Å². The number of carbonyl (C=O) groups is 2. The highest BCUT2D eigenvalue weighted by Crippen LogP contribution is 2.46. The summed E-state index contributed by atoms with van der Waals surface area (Å²) in [7, 11) is 0. The molecule has 1 atom stereocenters. The number of ether oxygens (including phenoxy) is 3. The highest BCUT2D eigenvalue weighted by atomic mass is 16.7. The molecule has 1 unspecified atom stereocenters. The van der Waals surface area contributed by atoms with Crippen molar-refractivity contribution in [1.82, 2.24) is 4.98 Å². The molecule has 1 aromatic heterocycles. The Morgan fingerprint density at radius 3 is 2.70 bits per heavy atom. The van der Waals surface area contributed by atoms with Crippen LogP contribution in [0.1, 0.15) is 29.2 Å². The first-order chi connectivity index (χ1) is 18.1. The lowest BCUT2D eigenvalue weighted by atomic mass is 9.93. The van der Waals surface area contributed by atoms with Crippen molar-refractivity contribution in [3.05, 3.63) is 89.1 Å². The van der Waals surface area contributed by atoms with Crippen LogP contribution in [0.25, 0.3) is 16.7 Å². The predicted octanol–water partition coefficient (Wildman–Crippen LogP) is 4.85. The predicted molar refractivity (Wildman–Crippen MR) is 136 cm³/mol. The number of nitrogens with one attached hydrogen (secondary N) is 1. The summed E-state index contributed by atoms with van der Waals surface area (Å²) in [5.41, 5.74) is 3.50. The van der Waals surface area contributed by atoms with Gasteiger partial charge >= 0.3 is 0 Å². The molecule has 0 bridgehead atoms. The normalized spacial score (nSPS) is 19.8. The van der Waals surface area contributed by atoms with E-state index in [0.29, 0.717) is 34.9 Å². The second-order valence-corrected chi connectivity index (χ2v) is 9.27. The lowest BCUT2D eigenvalue weighted by molar-refractivity contribution is -0.132. The third-order valence-electron chi connectivity index (χ3n) is 7.18. The van der Waals surface area contributed by atoms with E-state index in [9.17, 15) is 14.7 Å². The van der Waals surface area contributed by atoms with Crippen LogP contribution < -0.4 is 19.1 Å². The van der Waals surface area contributed by atoms with Crippen LogP contribution in [0.4, 0.5) is 5.69 Å². The molecule has 37 heavy (non-hydrogen) atoms. The number of H-pyrrole nitrogens is 1. The van der Waals surface area contributed by atoms with E-state index in [0.717, 1.165) is 35.1 Å². The first-order valence-electron chi connectivity index (χ1n) is 12.1. The number of aliphatic hydroxyl groups excluding tert-OH is 1. The lowest BCUT2D eigenvalue weighted by Gasteiger charge is -2.25. The molecular weight excluding hydrogens is 472 g/mol. The van der Waals surface area contributed by atoms with E-state index < -0.39 is 17.7 Å². The van der Waals surface area contributed by atoms with Crippen molar-refractivity contribution in [2.45, 2.75) is 18.9 Å². The van der Waals surface area contributed by atoms with E-state index in [2.05, 4.69) is 4.98 Å². The number of para-hydroxylation sites is 1. The fraction of sp³-hybridized carbons (Fsp3) is 0.172. The molecule has 1 fully saturated rings. The number of hydrogen-bond acceptors (Lipinski definition) is 6. The van der Waals surface area contributed by atoms with Crippen molar-refractivity contribution in [1.29, 1.82) is 0 Å². The summed E-state index contributed by atoms with van der Waals surface area (Å²) >= 11 is 0. The number of ketones is 1. The number of fused-ring (bicyclic) bond motifs is 3. The summed E-state index contributed by atoms with van der Waals surface area (Å²) in [6.07, 6.45) is 3.48. The Morgan fingerprint density at radius 1 is 0.946 bits per heavy atom. The van der Waals surface area contributed by atoms with Gasteiger partial charge in [-0.15, -0.1) is 0 Å². The van der Waals surface area contributed by atoms with Crippen molar-refractivity contribution in [3.8, 4) is 17.2 Å². The number of aromatic amines is 1. The van der Waals surface area contributed by atoms with Crippen molar-refractivity contribution >= 4 is 34.0 Å². The van der Waals surface area contributed by atoms with Gasteiger partial charge in [-0.05, 0) is 54.8 Å². The van der Waals surface area contributed by atoms with Gasteiger partial charge in [-0.25, -0.2) is 0 Å². The average Bonchev–Trinajstić information content (AvgIpc) is 3.64. The minimum Gasteiger partial charge on any atom is -0.507 e. The Labute approximate surface area is 211 Å². The molecule has 3 aromatic carbocycles. The van der Waals surface area contributed by atoms with Crippen LogP contribution in [0.15, 0.2) is 72.4 Å². The molecule has 0 aliphatic carbocycles. The smallest absolute Gasteiger partial charge is 0.300 e. The fourth-order valence-corrected chi connectivity index (χ4v) is 5.41. The number of aryl methyl sites for hydroxylation is 1. The standard InChI is InChI=1S/C29H22N2O6/c32-27(17-7-9-22-16(12-17)4-3-11-35-22)25-26(20-14-30-21-6-2-1-5-19(20)21)31(29(34)28(25)33)18-8-10-23-24(13-18)37-15-36-23/h1-2,5-10,12-14,26,30,32H,3-4,11,15H2/b27-25+. The average molecular weight is 495 g/mol. The summed E-state index contributed by atoms with van der Waals surface area (Å²) in [5, 5.41) is 12.4. The Bertz CT molecular complexity index is 1630. The number of amides is 1. The van der Waals surface area contributed by atoms with Crippen molar-refractivity contribution in [2.75, 3.05) is 18.3 Å². The molecule has 4 heterocycles. The summed E-state index contributed by atoms with van der Waals surface area (Å²) in [6, 6.07) is 17.3. The first kappa shape index (κ1) is 21.6. The topological polar surface area (TPSA) is 101 Å². The van der Waals surface area contributed by atoms with Gasteiger partial charge in [-0.1, -0.05) is 18.2 Å². The second-order valence-electron chi connectivity index (χ2n) is 9.27. The molecule has 2 N–H and O–H groups in total. The fourth-order valence-electron chi connectivity index (χ4n) is 5.41. The molecule has 8 nitrogen and oxygen atoms in total. The molecule has 1 saturated heterocycles. The molecule has 0 saturated carbocycles. The van der Waals surface area contributed by atoms with Gasteiger partial charge in [0.15, 0.2) is 11.5 Å². The number of nitrogens with zero attached hydrogens (tertiary/aromatic N) is 1. The maximum atomic E-state index is 13.6. The van der Waals surface area contributed by atoms with E-state index in [4.69, 9.17) is 14.2 Å². The number of aromatic nitrogens is 1. The number of carbonyl (C=O) groups excluding carboxylic acids is 2. The number of benzene rings is 3. The zero-order chi connectivity index (χ0) is 25.1. The van der Waals surface area contributed by atoms with Gasteiger partial charge in [0.05, 0.1) is 18.2 Å². The highest BCUT2D eigenvalue weighted by molar-refractivity contribution is 6.52. The second kappa shape index (κ2) is 8.16. The summed E-state index contributed by atoms with van der Waals surface area (Å²) < 4.78 is 16.7. The lowest BCUT2D eigenvalue weighted by Crippen LogP contribution is -2.29. The monoisotopic (exact) mass is 494 g/mol. The Balaban J connectivity index is 1.44. The molecule has 8 heteroatoms. The number of anilines is 1. The van der Waals surface area contributed by atoms with E-state index in [1.807, 2.05) is 30.3 Å². The third-order valence-corrected chi connectivity index (χ3v) is 7.18. The van der Waals surface area contributed by atoms with Gasteiger partial charge < -0.3 is 24.3 Å². The number of hydrogen-bond donors (Lipinski definition) is 2. The van der Waals surface area contributed by atoms with Crippen LogP contribution in [0, 0.1) is 0 Å². The number of Topliss-reactive ketones (excluding diaryl/α,β-unsaturated/α-hetero) is 1. The molecule has 7 rings (SSSR count). The summed E-state index contributed by atoms with van der Waals surface area (Å²) in [4.78, 5) is 31.8. The van der Waals surface area contributed by atoms with E-state index in [1.54, 1.807) is 36.5 Å². The van der Waals surface area contributed by atoms with Crippen molar-refractivity contribution in [3.63, 3.8) is 0 Å². The van der Waals surface area contributed by atoms with Gasteiger partial charge in [0.1, 0.15) is 11.5 Å². The summed E-state index contributed by atoms with van der Waals surface area (Å²) in [5.74, 6) is 0.144. The molecule has 3 aliphatic rings. The van der Waals surface area contributed by atoms with E-state index in [1.165, 1.54) is 4.90 Å². The van der Waals surface area contributed by atoms with Crippen molar-refractivity contribution in [2.24, 2.45) is 0 Å². The zero-order valence-corrected chi connectivity index (χ0v) is 19.7. The van der Waals surface area contributed by atoms with Gasteiger partial charge in [0.25, 0.3) is 11.7 Å². The molecule has 0 radical (unpaired) electrons. The largest absolute Gasteiger partial charge is 0.507 e. The molecular formula is C29H22N2O6. The first-order valence-corrected chi connectivity index (χ1v) is 12.1. The quantitative estimate of drug-likeness (QED) is 0.240. The van der Waals surface area contributed by atoms with E-state index >= 15 is 0 Å². The zero-order valence-electron chi connectivity index (χ0n) is 19.7. The van der Waals surface area contributed by atoms with E-state index in [-0.39, 0.29) is 18.1 Å². The molecule has 0 spiro atoms. The highest BCUT2D eigenvalue weighted by Gasteiger charge is 2.48. The molecule has 3 aliphatic heterocycles. The van der Waals surface area contributed by atoms with Gasteiger partial charge in [-0.2, -0.15) is 0 Å². The van der Waals surface area contributed by atoms with Crippen LogP contribution in [0.5, 0.6) is 17.2 Å². The number of aliphatic hydroxyl groups is 1. The Hall–Kier alpha value is -4.72. The number of rotatable bonds is 3. The molecule has 184 valence electrons. The summed E-state index contributed by atoms with van der Waals surface area (Å²) in [6.45, 7) is 0.741. The maximum absolute atomic E-state index is 13.6. The van der Waals surface area contributed by atoms with Gasteiger partial charge in [0, 0.05) is 40.0 Å². The van der Waals surface area contributed by atoms with Crippen LogP contribution in [0.2, 0.25) is 0 Å². The maximum Gasteiger partial charge on any atom is 0.300 e. The van der Waals surface area contributed by atoms with Crippen LogP contribution in [-0.2, 0) is 16.0 Å². The van der Waals surface area contributed by atoms with Gasteiger partial charge in [0.2, 0.25) is 6.79 Å². The third kappa shape index (κ3) is 3.29. The van der Waals surface area contributed by atoms with Crippen molar-refractivity contribution < 1.29 is 28.9 Å². The Kier molecular flexibility index (Phi) is 4.75. The Morgan fingerprint density at radius 2 is 1.78 bits per heavy atom. The minimum atomic E-state index is -0.858.